The molecule has 0 fully saturated rings. The highest BCUT2D eigenvalue weighted by atomic mass is 16.5. The zero-order chi connectivity index (χ0) is 15.8. The third-order valence-corrected chi connectivity index (χ3v) is 2.96. The molecule has 0 aromatic heterocycles. The van der Waals surface area contributed by atoms with Crippen LogP contribution in [0.25, 0.3) is 0 Å². The molecule has 21 heavy (non-hydrogen) atoms. The summed E-state index contributed by atoms with van der Waals surface area (Å²) in [5, 5.41) is 3.24. The first kappa shape index (κ1) is 17.3. The van der Waals surface area contributed by atoms with Crippen molar-refractivity contribution < 1.29 is 19.0 Å². The monoisotopic (exact) mass is 295 g/mol. The van der Waals surface area contributed by atoms with E-state index in [9.17, 15) is 4.79 Å². The molecule has 0 spiro atoms. The van der Waals surface area contributed by atoms with Gasteiger partial charge < -0.3 is 19.5 Å². The van der Waals surface area contributed by atoms with Gasteiger partial charge in [0.2, 0.25) is 0 Å². The predicted octanol–water partition coefficient (Wildman–Crippen LogP) is 2.55. The summed E-state index contributed by atoms with van der Waals surface area (Å²) in [5.41, 5.74) is 0.769. The summed E-state index contributed by atoms with van der Waals surface area (Å²) in [4.78, 5) is 12.2. The molecule has 0 aliphatic carbocycles. The van der Waals surface area contributed by atoms with E-state index in [1.54, 1.807) is 27.2 Å². The van der Waals surface area contributed by atoms with E-state index in [4.69, 9.17) is 14.2 Å². The summed E-state index contributed by atoms with van der Waals surface area (Å²) in [6, 6.07) is 4.87. The molecule has 0 aliphatic heterocycles. The maximum Gasteiger partial charge on any atom is 0.327 e. The number of benzene rings is 1. The van der Waals surface area contributed by atoms with E-state index >= 15 is 0 Å². The van der Waals surface area contributed by atoms with Crippen molar-refractivity contribution in [1.82, 2.24) is 5.32 Å². The molecule has 0 saturated carbocycles. The van der Waals surface area contributed by atoms with Gasteiger partial charge in [-0.15, -0.1) is 0 Å². The summed E-state index contributed by atoms with van der Waals surface area (Å²) < 4.78 is 15.7. The van der Waals surface area contributed by atoms with Gasteiger partial charge in [0, 0.05) is 6.07 Å². The van der Waals surface area contributed by atoms with E-state index in [2.05, 4.69) is 19.2 Å². The maximum absolute atomic E-state index is 12.2. The molecule has 1 N–H and O–H groups in total. The second-order valence-electron chi connectivity index (χ2n) is 5.13. The normalized spacial score (nSPS) is 12.1. The fourth-order valence-electron chi connectivity index (χ4n) is 1.91. The van der Waals surface area contributed by atoms with Crippen LogP contribution in [0.4, 0.5) is 0 Å². The Morgan fingerprint density at radius 1 is 1.14 bits per heavy atom. The summed E-state index contributed by atoms with van der Waals surface area (Å²) >= 11 is 0. The van der Waals surface area contributed by atoms with E-state index in [0.717, 1.165) is 5.56 Å². The zero-order valence-corrected chi connectivity index (χ0v) is 13.4. The van der Waals surface area contributed by atoms with E-state index < -0.39 is 6.04 Å². The lowest BCUT2D eigenvalue weighted by Crippen LogP contribution is -2.32. The first-order valence-corrected chi connectivity index (χ1v) is 7.14. The van der Waals surface area contributed by atoms with Crippen molar-refractivity contribution in [3.05, 3.63) is 23.8 Å². The number of carbonyl (C=O) groups excluding carboxylic acids is 1. The van der Waals surface area contributed by atoms with Gasteiger partial charge in [-0.1, -0.05) is 13.8 Å². The second-order valence-corrected chi connectivity index (χ2v) is 5.13. The molecule has 1 rings (SSSR count). The van der Waals surface area contributed by atoms with Crippen molar-refractivity contribution in [3.8, 4) is 11.5 Å². The molecule has 1 aromatic rings. The Balaban J connectivity index is 3.08. The standard InChI is InChI=1S/C16H25NO4/c1-6-21-16(18)15(17-10-11(2)3)12-7-13(19-4)9-14(8-12)20-5/h7-9,11,15,17H,6,10H2,1-5H3. The quantitative estimate of drug-likeness (QED) is 0.747. The van der Waals surface area contributed by atoms with Crippen molar-refractivity contribution in [3.63, 3.8) is 0 Å². The molecule has 0 heterocycles. The molecule has 0 aliphatic rings. The number of rotatable bonds is 8. The largest absolute Gasteiger partial charge is 0.497 e. The van der Waals surface area contributed by atoms with E-state index in [-0.39, 0.29) is 5.97 Å². The Bertz CT molecular complexity index is 437. The molecule has 0 bridgehead atoms. The van der Waals surface area contributed by atoms with Crippen LogP contribution in [0, 0.1) is 5.92 Å². The molecule has 0 amide bonds. The van der Waals surface area contributed by atoms with Crippen LogP contribution in [-0.4, -0.2) is 33.3 Å². The third kappa shape index (κ3) is 5.27. The van der Waals surface area contributed by atoms with Gasteiger partial charge in [-0.3, -0.25) is 0 Å². The Hall–Kier alpha value is -1.75. The first-order chi connectivity index (χ1) is 10.0. The van der Waals surface area contributed by atoms with Gasteiger partial charge >= 0.3 is 5.97 Å². The third-order valence-electron chi connectivity index (χ3n) is 2.96. The SMILES string of the molecule is CCOC(=O)C(NCC(C)C)c1cc(OC)cc(OC)c1. The van der Waals surface area contributed by atoms with Gasteiger partial charge in [-0.2, -0.15) is 0 Å². The second kappa shape index (κ2) is 8.52. The van der Waals surface area contributed by atoms with Crippen molar-refractivity contribution in [2.45, 2.75) is 26.8 Å². The fraction of sp³-hybridized carbons (Fsp3) is 0.562. The van der Waals surface area contributed by atoms with Crippen LogP contribution in [0.15, 0.2) is 18.2 Å². The van der Waals surface area contributed by atoms with Crippen molar-refractivity contribution in [2.75, 3.05) is 27.4 Å². The highest BCUT2D eigenvalue weighted by molar-refractivity contribution is 5.78. The number of methoxy groups -OCH3 is 2. The predicted molar refractivity (Wildman–Crippen MR) is 81.8 cm³/mol. The van der Waals surface area contributed by atoms with Crippen LogP contribution in [0.3, 0.4) is 0 Å². The molecule has 5 nitrogen and oxygen atoms in total. The lowest BCUT2D eigenvalue weighted by atomic mass is 10.0. The van der Waals surface area contributed by atoms with Gasteiger partial charge in [0.05, 0.1) is 20.8 Å². The molecule has 1 aromatic carbocycles. The maximum atomic E-state index is 12.2. The highest BCUT2D eigenvalue weighted by Crippen LogP contribution is 2.27. The summed E-state index contributed by atoms with van der Waals surface area (Å²) in [6.45, 7) is 7.02. The summed E-state index contributed by atoms with van der Waals surface area (Å²) in [5.74, 6) is 1.41. The van der Waals surface area contributed by atoms with Crippen molar-refractivity contribution in [1.29, 1.82) is 0 Å². The molecule has 1 unspecified atom stereocenters. The lowest BCUT2D eigenvalue weighted by molar-refractivity contribution is -0.145. The van der Waals surface area contributed by atoms with Crippen LogP contribution in [0.5, 0.6) is 11.5 Å². The number of hydrogen-bond donors (Lipinski definition) is 1. The number of ether oxygens (including phenoxy) is 3. The number of hydrogen-bond acceptors (Lipinski definition) is 5. The average molecular weight is 295 g/mol. The molecular weight excluding hydrogens is 270 g/mol. The first-order valence-electron chi connectivity index (χ1n) is 7.14. The number of esters is 1. The van der Waals surface area contributed by atoms with Gasteiger partial charge in [0.1, 0.15) is 17.5 Å². The van der Waals surface area contributed by atoms with Crippen LogP contribution in [0.2, 0.25) is 0 Å². The smallest absolute Gasteiger partial charge is 0.327 e. The minimum atomic E-state index is -0.531. The topological polar surface area (TPSA) is 56.8 Å². The molecular formula is C16H25NO4. The molecule has 1 atom stereocenters. The lowest BCUT2D eigenvalue weighted by Gasteiger charge is -2.20. The Labute approximate surface area is 126 Å². The van der Waals surface area contributed by atoms with Gasteiger partial charge in [-0.25, -0.2) is 4.79 Å². The van der Waals surface area contributed by atoms with Crippen molar-refractivity contribution in [2.24, 2.45) is 5.92 Å². The molecule has 118 valence electrons. The summed E-state index contributed by atoms with van der Waals surface area (Å²) in [6.07, 6.45) is 0. The van der Waals surface area contributed by atoms with Crippen LogP contribution >= 0.6 is 0 Å². The highest BCUT2D eigenvalue weighted by Gasteiger charge is 2.23. The van der Waals surface area contributed by atoms with Crippen molar-refractivity contribution >= 4 is 5.97 Å². The fourth-order valence-corrected chi connectivity index (χ4v) is 1.91. The van der Waals surface area contributed by atoms with Gasteiger partial charge in [-0.05, 0) is 37.1 Å². The summed E-state index contributed by atoms with van der Waals surface area (Å²) in [7, 11) is 3.17. The van der Waals surface area contributed by atoms with E-state index in [0.29, 0.717) is 30.6 Å². The van der Waals surface area contributed by atoms with E-state index in [1.165, 1.54) is 0 Å². The average Bonchev–Trinajstić information content (AvgIpc) is 2.47. The Morgan fingerprint density at radius 2 is 1.71 bits per heavy atom. The molecule has 0 saturated heterocycles. The zero-order valence-electron chi connectivity index (χ0n) is 13.4. The van der Waals surface area contributed by atoms with Gasteiger partial charge in [0.25, 0.3) is 0 Å². The minimum absolute atomic E-state index is 0.298. The molecule has 0 radical (unpaired) electrons. The van der Waals surface area contributed by atoms with Gasteiger partial charge in [0.15, 0.2) is 0 Å². The van der Waals surface area contributed by atoms with Crippen LogP contribution < -0.4 is 14.8 Å². The Kier molecular flexibility index (Phi) is 7.02. The Morgan fingerprint density at radius 3 is 2.14 bits per heavy atom. The number of nitrogens with one attached hydrogen (secondary N) is 1. The van der Waals surface area contributed by atoms with Crippen LogP contribution in [-0.2, 0) is 9.53 Å². The molecule has 5 heteroatoms. The van der Waals surface area contributed by atoms with Crippen LogP contribution in [0.1, 0.15) is 32.4 Å². The number of carbonyl (C=O) groups is 1. The minimum Gasteiger partial charge on any atom is -0.497 e. The van der Waals surface area contributed by atoms with E-state index in [1.807, 2.05) is 12.1 Å².